The van der Waals surface area contributed by atoms with Gasteiger partial charge in [-0.25, -0.2) is 4.98 Å². The van der Waals surface area contributed by atoms with E-state index in [4.69, 9.17) is 4.74 Å². The van der Waals surface area contributed by atoms with Gasteiger partial charge in [0.25, 0.3) is 5.69 Å². The van der Waals surface area contributed by atoms with E-state index in [-0.39, 0.29) is 18.2 Å². The number of esters is 1. The van der Waals surface area contributed by atoms with Crippen LogP contribution in [-0.4, -0.2) is 34.1 Å². The molecule has 2 rings (SSSR count). The van der Waals surface area contributed by atoms with Gasteiger partial charge in [-0.3, -0.25) is 14.9 Å². The number of nitro benzene ring substituents is 1. The van der Waals surface area contributed by atoms with Gasteiger partial charge in [-0.1, -0.05) is 19.9 Å². The normalized spacial score (nSPS) is 10.8. The Bertz CT molecular complexity index is 798. The fourth-order valence-corrected chi connectivity index (χ4v) is 2.80. The van der Waals surface area contributed by atoms with Crippen molar-refractivity contribution in [3.63, 3.8) is 0 Å². The predicted octanol–water partition coefficient (Wildman–Crippen LogP) is 3.26. The minimum Gasteiger partial charge on any atom is -0.465 e. The molecule has 0 atom stereocenters. The number of anilines is 1. The first kappa shape index (κ1) is 19.4. The lowest BCUT2D eigenvalue weighted by Gasteiger charge is -2.12. The van der Waals surface area contributed by atoms with Crippen LogP contribution in [0.2, 0.25) is 0 Å². The van der Waals surface area contributed by atoms with E-state index >= 15 is 0 Å². The fourth-order valence-electron chi connectivity index (χ4n) is 2.80. The molecule has 0 amide bonds. The van der Waals surface area contributed by atoms with Crippen molar-refractivity contribution in [2.45, 2.75) is 33.7 Å². The Hall–Kier alpha value is -2.90. The molecule has 0 aliphatic carbocycles. The van der Waals surface area contributed by atoms with Crippen LogP contribution in [0.3, 0.4) is 0 Å². The summed E-state index contributed by atoms with van der Waals surface area (Å²) in [5, 5.41) is 14.2. The molecule has 1 heterocycles. The van der Waals surface area contributed by atoms with Crippen molar-refractivity contribution in [1.82, 2.24) is 9.55 Å². The van der Waals surface area contributed by atoms with Crippen LogP contribution >= 0.6 is 0 Å². The van der Waals surface area contributed by atoms with Gasteiger partial charge in [0.15, 0.2) is 0 Å². The zero-order chi connectivity index (χ0) is 19.3. The van der Waals surface area contributed by atoms with Gasteiger partial charge in [0.2, 0.25) is 0 Å². The highest BCUT2D eigenvalue weighted by molar-refractivity contribution is 5.75. The molecule has 0 spiro atoms. The lowest BCUT2D eigenvalue weighted by atomic mass is 10.0. The number of benzene rings is 1. The maximum absolute atomic E-state index is 11.9. The fraction of sp³-hybridized carbons (Fsp3) is 0.444. The average molecular weight is 360 g/mol. The number of carbonyl (C=O) groups excluding carboxylic acids is 1. The molecule has 0 fully saturated rings. The number of nitro groups is 1. The zero-order valence-corrected chi connectivity index (χ0v) is 15.5. The Morgan fingerprint density at radius 3 is 2.73 bits per heavy atom. The third kappa shape index (κ3) is 4.38. The number of hydrogen-bond donors (Lipinski definition) is 1. The monoisotopic (exact) mass is 360 g/mol. The Morgan fingerprint density at radius 2 is 2.15 bits per heavy atom. The molecule has 0 bridgehead atoms. The largest absolute Gasteiger partial charge is 0.465 e. The van der Waals surface area contributed by atoms with Gasteiger partial charge in [-0.2, -0.15) is 0 Å². The average Bonchev–Trinajstić information content (AvgIpc) is 2.95. The summed E-state index contributed by atoms with van der Waals surface area (Å²) in [5.74, 6) is -0.0187. The van der Waals surface area contributed by atoms with Crippen molar-refractivity contribution >= 4 is 17.3 Å². The highest BCUT2D eigenvalue weighted by atomic mass is 16.6. The first-order valence-corrected chi connectivity index (χ1v) is 8.53. The predicted molar refractivity (Wildman–Crippen MR) is 99.0 cm³/mol. The molecule has 0 unspecified atom stereocenters. The maximum Gasteiger partial charge on any atom is 0.325 e. The van der Waals surface area contributed by atoms with Gasteiger partial charge in [-0.15, -0.1) is 0 Å². The zero-order valence-electron chi connectivity index (χ0n) is 15.5. The van der Waals surface area contributed by atoms with E-state index in [9.17, 15) is 14.9 Å². The standard InChI is InChI=1S/C18H24N4O4/c1-5-26-17(23)10-21-11-20-15(8-12(2)3)18(21)13-6-7-14(19-4)16(9-13)22(24)25/h6-7,9,11-12,19H,5,8,10H2,1-4H3. The lowest BCUT2D eigenvalue weighted by molar-refractivity contribution is -0.383. The van der Waals surface area contributed by atoms with E-state index in [0.717, 1.165) is 5.69 Å². The summed E-state index contributed by atoms with van der Waals surface area (Å²) in [7, 11) is 1.64. The van der Waals surface area contributed by atoms with Gasteiger partial charge in [0.05, 0.1) is 29.2 Å². The molecule has 8 heteroatoms. The molecule has 1 aromatic heterocycles. The number of hydrogen-bond acceptors (Lipinski definition) is 6. The number of carbonyl (C=O) groups is 1. The van der Waals surface area contributed by atoms with Crippen molar-refractivity contribution in [3.05, 3.63) is 40.3 Å². The van der Waals surface area contributed by atoms with Crippen molar-refractivity contribution in [2.75, 3.05) is 19.0 Å². The first-order valence-electron chi connectivity index (χ1n) is 8.53. The summed E-state index contributed by atoms with van der Waals surface area (Å²) in [6.45, 7) is 6.19. The summed E-state index contributed by atoms with van der Waals surface area (Å²) in [4.78, 5) is 27.3. The second-order valence-electron chi connectivity index (χ2n) is 6.31. The van der Waals surface area contributed by atoms with Gasteiger partial charge in [0, 0.05) is 18.7 Å². The van der Waals surface area contributed by atoms with Gasteiger partial charge < -0.3 is 14.6 Å². The summed E-state index contributed by atoms with van der Waals surface area (Å²) in [6.07, 6.45) is 2.29. The molecule has 140 valence electrons. The minimum atomic E-state index is -0.427. The third-order valence-electron chi connectivity index (χ3n) is 3.86. The van der Waals surface area contributed by atoms with E-state index in [1.165, 1.54) is 6.07 Å². The topological polar surface area (TPSA) is 99.3 Å². The van der Waals surface area contributed by atoms with E-state index in [2.05, 4.69) is 24.1 Å². The van der Waals surface area contributed by atoms with Gasteiger partial charge in [0.1, 0.15) is 12.2 Å². The number of aromatic nitrogens is 2. The lowest BCUT2D eigenvalue weighted by Crippen LogP contribution is -2.14. The molecule has 0 saturated carbocycles. The molecule has 2 aromatic rings. The van der Waals surface area contributed by atoms with Gasteiger partial charge in [-0.05, 0) is 25.3 Å². The van der Waals surface area contributed by atoms with E-state index < -0.39 is 4.92 Å². The molecular weight excluding hydrogens is 336 g/mol. The number of rotatable bonds is 8. The van der Waals surface area contributed by atoms with Crippen LogP contribution in [0.5, 0.6) is 0 Å². The van der Waals surface area contributed by atoms with Crippen LogP contribution in [0.25, 0.3) is 11.3 Å². The van der Waals surface area contributed by atoms with E-state index in [1.807, 2.05) is 0 Å². The molecule has 26 heavy (non-hydrogen) atoms. The second-order valence-corrected chi connectivity index (χ2v) is 6.31. The summed E-state index contributed by atoms with van der Waals surface area (Å²) in [5.41, 5.74) is 2.56. The quantitative estimate of drug-likeness (QED) is 0.441. The van der Waals surface area contributed by atoms with Crippen LogP contribution < -0.4 is 5.32 Å². The number of nitrogens with zero attached hydrogens (tertiary/aromatic N) is 3. The minimum absolute atomic E-state index is 0.00977. The third-order valence-corrected chi connectivity index (χ3v) is 3.86. The molecule has 0 radical (unpaired) electrons. The maximum atomic E-state index is 11.9. The smallest absolute Gasteiger partial charge is 0.325 e. The Balaban J connectivity index is 2.54. The molecule has 8 nitrogen and oxygen atoms in total. The second kappa shape index (κ2) is 8.46. The molecule has 0 aliphatic rings. The summed E-state index contributed by atoms with van der Waals surface area (Å²) >= 11 is 0. The molecule has 0 aliphatic heterocycles. The Labute approximate surface area is 152 Å². The van der Waals surface area contributed by atoms with Crippen molar-refractivity contribution in [2.24, 2.45) is 5.92 Å². The Morgan fingerprint density at radius 1 is 1.42 bits per heavy atom. The number of imidazole rings is 1. The van der Waals surface area contributed by atoms with Gasteiger partial charge >= 0.3 is 5.97 Å². The summed E-state index contributed by atoms with van der Waals surface area (Å²) < 4.78 is 6.71. The number of ether oxygens (including phenoxy) is 1. The highest BCUT2D eigenvalue weighted by Crippen LogP contribution is 2.32. The number of nitrogens with one attached hydrogen (secondary N) is 1. The SMILES string of the molecule is CCOC(=O)Cn1cnc(CC(C)C)c1-c1ccc(NC)c([N+](=O)[O-])c1. The van der Waals surface area contributed by atoms with Crippen LogP contribution in [0.1, 0.15) is 26.5 Å². The van der Waals surface area contributed by atoms with Crippen molar-refractivity contribution < 1.29 is 14.5 Å². The van der Waals surface area contributed by atoms with Crippen molar-refractivity contribution in [1.29, 1.82) is 0 Å². The summed E-state index contributed by atoms with van der Waals surface area (Å²) in [6, 6.07) is 4.96. The van der Waals surface area contributed by atoms with Crippen LogP contribution in [0.15, 0.2) is 24.5 Å². The van der Waals surface area contributed by atoms with E-state index in [1.54, 1.807) is 37.0 Å². The molecule has 1 aromatic carbocycles. The highest BCUT2D eigenvalue weighted by Gasteiger charge is 2.20. The molecular formula is C18H24N4O4. The first-order chi connectivity index (χ1) is 12.4. The van der Waals surface area contributed by atoms with Crippen LogP contribution in [0.4, 0.5) is 11.4 Å². The van der Waals surface area contributed by atoms with Crippen molar-refractivity contribution in [3.8, 4) is 11.3 Å². The van der Waals surface area contributed by atoms with Crippen LogP contribution in [0, 0.1) is 16.0 Å². The molecule has 0 saturated heterocycles. The van der Waals surface area contributed by atoms with Crippen LogP contribution in [-0.2, 0) is 22.5 Å². The van der Waals surface area contributed by atoms with E-state index in [0.29, 0.717) is 35.9 Å². The Kier molecular flexibility index (Phi) is 6.32. The molecule has 1 N–H and O–H groups in total.